The fourth-order valence-corrected chi connectivity index (χ4v) is 2.61. The van der Waals surface area contributed by atoms with Crippen molar-refractivity contribution in [2.24, 2.45) is 0 Å². The second kappa shape index (κ2) is 10.1. The topological polar surface area (TPSA) is 61.4 Å². The van der Waals surface area contributed by atoms with Crippen LogP contribution < -0.4 is 10.6 Å². The normalized spacial score (nSPS) is 10.9. The third-order valence-corrected chi connectivity index (χ3v) is 3.76. The molecule has 0 radical (unpaired) electrons. The minimum absolute atomic E-state index is 0.0425. The summed E-state index contributed by atoms with van der Waals surface area (Å²) in [5.41, 5.74) is -0.374. The zero-order valence-electron chi connectivity index (χ0n) is 16.2. The predicted octanol–water partition coefficient (Wildman–Crippen LogP) is 4.92. The van der Waals surface area contributed by atoms with Crippen LogP contribution in [0, 0.1) is 12.7 Å². The van der Waals surface area contributed by atoms with Gasteiger partial charge in [-0.25, -0.2) is 4.39 Å². The molecular formula is C20H24F4N2O2. The Labute approximate surface area is 161 Å². The highest BCUT2D eigenvalue weighted by molar-refractivity contribution is 5.75. The fraction of sp³-hybridized carbons (Fsp3) is 0.350. The number of aryl methyl sites for hydroxylation is 2. The van der Waals surface area contributed by atoms with Gasteiger partial charge in [0.2, 0.25) is 0 Å². The second-order valence-corrected chi connectivity index (χ2v) is 6.17. The summed E-state index contributed by atoms with van der Waals surface area (Å²) in [6, 6.07) is 7.23. The van der Waals surface area contributed by atoms with Crippen LogP contribution in [-0.4, -0.2) is 25.2 Å². The highest BCUT2D eigenvalue weighted by Gasteiger charge is 2.37. The monoisotopic (exact) mass is 400 g/mol. The standard InChI is InChI=1S/C18H17F4NO2.C2H7N/c1-3-11-5-7-14(17(19)16(11)18(20,21)22)23-13-6-4-10(2)8-12(13)9-15(24)25;1-3-2/h4-8,23H,3,9H2,1-2H3,(H,24,25);3H,1-2H3. The Morgan fingerprint density at radius 3 is 2.14 bits per heavy atom. The molecule has 0 aliphatic carbocycles. The molecule has 154 valence electrons. The molecule has 2 aromatic rings. The third kappa shape index (κ3) is 6.23. The number of carboxylic acid groups (broad SMARTS) is 1. The number of anilines is 2. The molecule has 8 heteroatoms. The number of aliphatic carboxylic acids is 1. The molecule has 3 N–H and O–H groups in total. The summed E-state index contributed by atoms with van der Waals surface area (Å²) in [6.45, 7) is 3.27. The summed E-state index contributed by atoms with van der Waals surface area (Å²) in [5.74, 6) is -2.49. The summed E-state index contributed by atoms with van der Waals surface area (Å²) >= 11 is 0. The molecule has 0 atom stereocenters. The third-order valence-electron chi connectivity index (χ3n) is 3.76. The van der Waals surface area contributed by atoms with E-state index in [2.05, 4.69) is 10.6 Å². The first-order valence-electron chi connectivity index (χ1n) is 8.60. The minimum Gasteiger partial charge on any atom is -0.481 e. The highest BCUT2D eigenvalue weighted by Crippen LogP contribution is 2.38. The number of hydrogen-bond acceptors (Lipinski definition) is 3. The van der Waals surface area contributed by atoms with Crippen LogP contribution in [0.2, 0.25) is 0 Å². The Kier molecular flexibility index (Phi) is 8.43. The van der Waals surface area contributed by atoms with Gasteiger partial charge in [0.05, 0.1) is 17.7 Å². The maximum Gasteiger partial charge on any atom is 0.419 e. The molecule has 0 saturated heterocycles. The predicted molar refractivity (Wildman–Crippen MR) is 102 cm³/mol. The quantitative estimate of drug-likeness (QED) is 0.624. The lowest BCUT2D eigenvalue weighted by molar-refractivity contribution is -0.140. The number of alkyl halides is 3. The fourth-order valence-electron chi connectivity index (χ4n) is 2.61. The van der Waals surface area contributed by atoms with E-state index in [0.717, 1.165) is 5.56 Å². The molecular weight excluding hydrogens is 376 g/mol. The van der Waals surface area contributed by atoms with Crippen molar-refractivity contribution in [3.63, 3.8) is 0 Å². The molecule has 2 rings (SSSR count). The molecule has 0 fully saturated rings. The molecule has 4 nitrogen and oxygen atoms in total. The van der Waals surface area contributed by atoms with Crippen LogP contribution in [0.5, 0.6) is 0 Å². The van der Waals surface area contributed by atoms with E-state index in [1.54, 1.807) is 19.1 Å². The van der Waals surface area contributed by atoms with E-state index in [1.807, 2.05) is 14.1 Å². The summed E-state index contributed by atoms with van der Waals surface area (Å²) in [5, 5.41) is 14.3. The second-order valence-electron chi connectivity index (χ2n) is 6.17. The summed E-state index contributed by atoms with van der Waals surface area (Å²) in [4.78, 5) is 11.0. The van der Waals surface area contributed by atoms with E-state index in [0.29, 0.717) is 5.56 Å². The van der Waals surface area contributed by atoms with E-state index in [4.69, 9.17) is 5.11 Å². The zero-order valence-corrected chi connectivity index (χ0v) is 16.2. The average Bonchev–Trinajstić information content (AvgIpc) is 2.57. The SMILES string of the molecule is CCc1ccc(Nc2ccc(C)cc2CC(=O)O)c(F)c1C(F)(F)F.CNC. The molecule has 2 aromatic carbocycles. The van der Waals surface area contributed by atoms with Gasteiger partial charge < -0.3 is 15.7 Å². The van der Waals surface area contributed by atoms with Gasteiger partial charge in [0.1, 0.15) is 0 Å². The van der Waals surface area contributed by atoms with Crippen LogP contribution in [0.1, 0.15) is 29.2 Å². The van der Waals surface area contributed by atoms with Gasteiger partial charge >= 0.3 is 12.1 Å². The molecule has 28 heavy (non-hydrogen) atoms. The average molecular weight is 400 g/mol. The molecule has 0 spiro atoms. The summed E-state index contributed by atoms with van der Waals surface area (Å²) in [6.07, 6.45) is -5.10. The Balaban J connectivity index is 0.00000122. The van der Waals surface area contributed by atoms with Gasteiger partial charge in [0.25, 0.3) is 0 Å². The van der Waals surface area contributed by atoms with E-state index >= 15 is 0 Å². The van der Waals surface area contributed by atoms with Crippen molar-refractivity contribution in [1.82, 2.24) is 5.32 Å². The van der Waals surface area contributed by atoms with Gasteiger partial charge in [0.15, 0.2) is 5.82 Å². The number of hydrogen-bond donors (Lipinski definition) is 3. The van der Waals surface area contributed by atoms with Gasteiger partial charge in [-0.2, -0.15) is 13.2 Å². The van der Waals surface area contributed by atoms with Crippen molar-refractivity contribution in [3.8, 4) is 0 Å². The van der Waals surface area contributed by atoms with Crippen molar-refractivity contribution >= 4 is 17.3 Å². The lowest BCUT2D eigenvalue weighted by atomic mass is 10.0. The Morgan fingerprint density at radius 1 is 1.07 bits per heavy atom. The van der Waals surface area contributed by atoms with Crippen LogP contribution in [0.3, 0.4) is 0 Å². The molecule has 0 unspecified atom stereocenters. The van der Waals surface area contributed by atoms with Crippen molar-refractivity contribution in [3.05, 3.63) is 58.4 Å². The Hall–Kier alpha value is -2.61. The highest BCUT2D eigenvalue weighted by atomic mass is 19.4. The van der Waals surface area contributed by atoms with E-state index in [-0.39, 0.29) is 29.8 Å². The Morgan fingerprint density at radius 2 is 1.64 bits per heavy atom. The van der Waals surface area contributed by atoms with Gasteiger partial charge in [-0.1, -0.05) is 30.7 Å². The summed E-state index contributed by atoms with van der Waals surface area (Å²) in [7, 11) is 3.75. The maximum absolute atomic E-state index is 14.5. The number of halogens is 4. The van der Waals surface area contributed by atoms with Crippen molar-refractivity contribution < 1.29 is 27.5 Å². The van der Waals surface area contributed by atoms with Gasteiger partial charge in [-0.15, -0.1) is 0 Å². The van der Waals surface area contributed by atoms with Gasteiger partial charge in [-0.3, -0.25) is 4.79 Å². The van der Waals surface area contributed by atoms with Crippen LogP contribution in [-0.2, 0) is 23.8 Å². The maximum atomic E-state index is 14.5. The molecule has 0 aromatic heterocycles. The van der Waals surface area contributed by atoms with Crippen molar-refractivity contribution in [1.29, 1.82) is 0 Å². The number of benzene rings is 2. The minimum atomic E-state index is -4.82. The van der Waals surface area contributed by atoms with Crippen LogP contribution in [0.25, 0.3) is 0 Å². The lowest BCUT2D eigenvalue weighted by Crippen LogP contribution is -2.14. The van der Waals surface area contributed by atoms with Crippen molar-refractivity contribution in [2.45, 2.75) is 32.9 Å². The molecule has 0 saturated carbocycles. The number of carbonyl (C=O) groups is 1. The zero-order chi connectivity index (χ0) is 21.5. The first kappa shape index (κ1) is 23.4. The van der Waals surface area contributed by atoms with Gasteiger partial charge in [0, 0.05) is 5.69 Å². The summed E-state index contributed by atoms with van der Waals surface area (Å²) < 4.78 is 54.0. The largest absolute Gasteiger partial charge is 0.481 e. The van der Waals surface area contributed by atoms with E-state index in [9.17, 15) is 22.4 Å². The Bertz CT molecular complexity index is 821. The van der Waals surface area contributed by atoms with Crippen molar-refractivity contribution in [2.75, 3.05) is 19.4 Å². The first-order chi connectivity index (χ1) is 13.0. The van der Waals surface area contributed by atoms with E-state index < -0.39 is 23.5 Å². The molecule has 0 heterocycles. The molecule has 0 aliphatic rings. The number of rotatable bonds is 5. The first-order valence-corrected chi connectivity index (χ1v) is 8.60. The van der Waals surface area contributed by atoms with Crippen LogP contribution in [0.15, 0.2) is 30.3 Å². The van der Waals surface area contributed by atoms with E-state index in [1.165, 1.54) is 25.1 Å². The molecule has 0 aliphatic heterocycles. The molecule has 0 bridgehead atoms. The van der Waals surface area contributed by atoms with Gasteiger partial charge in [-0.05, 0) is 50.7 Å². The smallest absolute Gasteiger partial charge is 0.419 e. The molecule has 0 amide bonds. The number of nitrogens with one attached hydrogen (secondary N) is 2. The van der Waals surface area contributed by atoms with Crippen LogP contribution >= 0.6 is 0 Å². The van der Waals surface area contributed by atoms with Crippen LogP contribution in [0.4, 0.5) is 28.9 Å². The number of carboxylic acids is 1. The lowest BCUT2D eigenvalue weighted by Gasteiger charge is -2.18.